The Morgan fingerprint density at radius 1 is 1.16 bits per heavy atom. The van der Waals surface area contributed by atoms with Crippen LogP contribution in [0.25, 0.3) is 0 Å². The second-order valence-corrected chi connectivity index (χ2v) is 4.19. The van der Waals surface area contributed by atoms with E-state index in [0.717, 1.165) is 11.4 Å². The van der Waals surface area contributed by atoms with Gasteiger partial charge in [-0.15, -0.1) is 0 Å². The molecule has 0 saturated heterocycles. The number of methoxy groups -OCH3 is 1. The molecule has 0 aliphatic heterocycles. The number of rotatable bonds is 4. The van der Waals surface area contributed by atoms with Crippen LogP contribution in [0.3, 0.4) is 0 Å². The van der Waals surface area contributed by atoms with Gasteiger partial charge in [0.05, 0.1) is 17.1 Å². The summed E-state index contributed by atoms with van der Waals surface area (Å²) >= 11 is 6.01. The summed E-state index contributed by atoms with van der Waals surface area (Å²) in [6.07, 6.45) is 0. The van der Waals surface area contributed by atoms with E-state index in [2.05, 4.69) is 5.32 Å². The lowest BCUT2D eigenvalue weighted by Gasteiger charge is -2.08. The van der Waals surface area contributed by atoms with Crippen molar-refractivity contribution in [2.24, 2.45) is 0 Å². The largest absolute Gasteiger partial charge is 0.495 e. The minimum absolute atomic E-state index is 0.0540. The highest BCUT2D eigenvalue weighted by atomic mass is 35.5. The average Bonchev–Trinajstić information content (AvgIpc) is 2.39. The smallest absolute Gasteiger partial charge is 0.269 e. The van der Waals surface area contributed by atoms with Crippen LogP contribution >= 0.6 is 11.6 Å². The number of anilines is 2. The first-order valence-corrected chi connectivity index (χ1v) is 5.83. The minimum Gasteiger partial charge on any atom is -0.495 e. The van der Waals surface area contributed by atoms with Crippen molar-refractivity contribution in [3.05, 3.63) is 57.6 Å². The Labute approximate surface area is 114 Å². The summed E-state index contributed by atoms with van der Waals surface area (Å²) in [6.45, 7) is 0. The zero-order valence-corrected chi connectivity index (χ0v) is 10.8. The maximum absolute atomic E-state index is 10.5. The summed E-state index contributed by atoms with van der Waals surface area (Å²) in [5, 5.41) is 14.1. The molecule has 0 atom stereocenters. The highest BCUT2D eigenvalue weighted by molar-refractivity contribution is 6.32. The molecule has 0 radical (unpaired) electrons. The molecule has 0 aliphatic carbocycles. The number of nitro groups is 1. The van der Waals surface area contributed by atoms with Crippen molar-refractivity contribution >= 4 is 28.7 Å². The van der Waals surface area contributed by atoms with Crippen LogP contribution in [-0.4, -0.2) is 12.0 Å². The highest BCUT2D eigenvalue weighted by Crippen LogP contribution is 2.29. The van der Waals surface area contributed by atoms with Gasteiger partial charge < -0.3 is 10.1 Å². The molecule has 0 aromatic heterocycles. The number of halogens is 1. The van der Waals surface area contributed by atoms with Crippen molar-refractivity contribution in [1.29, 1.82) is 0 Å². The molecule has 2 aromatic carbocycles. The fraction of sp³-hybridized carbons (Fsp3) is 0.0769. The van der Waals surface area contributed by atoms with Crippen LogP contribution < -0.4 is 10.1 Å². The predicted octanol–water partition coefficient (Wildman–Crippen LogP) is 4.00. The van der Waals surface area contributed by atoms with E-state index in [0.29, 0.717) is 10.8 Å². The van der Waals surface area contributed by atoms with Crippen molar-refractivity contribution in [2.45, 2.75) is 0 Å². The van der Waals surface area contributed by atoms with E-state index >= 15 is 0 Å². The van der Waals surface area contributed by atoms with Crippen molar-refractivity contribution in [3.63, 3.8) is 0 Å². The Kier molecular flexibility index (Phi) is 3.87. The summed E-state index contributed by atoms with van der Waals surface area (Å²) in [4.78, 5) is 10.1. The average molecular weight is 279 g/mol. The van der Waals surface area contributed by atoms with Gasteiger partial charge in [0.1, 0.15) is 5.75 Å². The van der Waals surface area contributed by atoms with E-state index in [9.17, 15) is 10.1 Å². The van der Waals surface area contributed by atoms with E-state index in [1.165, 1.54) is 12.1 Å². The molecule has 0 bridgehead atoms. The van der Waals surface area contributed by atoms with Crippen LogP contribution in [0.5, 0.6) is 5.75 Å². The fourth-order valence-corrected chi connectivity index (χ4v) is 1.83. The van der Waals surface area contributed by atoms with Gasteiger partial charge in [-0.1, -0.05) is 11.6 Å². The summed E-state index contributed by atoms with van der Waals surface area (Å²) in [5.74, 6) is 0.593. The monoisotopic (exact) mass is 278 g/mol. The molecule has 98 valence electrons. The van der Waals surface area contributed by atoms with E-state index in [1.807, 2.05) is 6.07 Å². The van der Waals surface area contributed by atoms with Crippen molar-refractivity contribution in [1.82, 2.24) is 0 Å². The second kappa shape index (κ2) is 5.58. The third-order valence-electron chi connectivity index (χ3n) is 2.52. The number of non-ortho nitro benzene ring substituents is 1. The maximum Gasteiger partial charge on any atom is 0.269 e. The van der Waals surface area contributed by atoms with Crippen molar-refractivity contribution in [2.75, 3.05) is 12.4 Å². The maximum atomic E-state index is 10.5. The van der Waals surface area contributed by atoms with E-state index in [1.54, 1.807) is 31.4 Å². The molecule has 19 heavy (non-hydrogen) atoms. The molecule has 0 unspecified atom stereocenters. The van der Waals surface area contributed by atoms with Crippen LogP contribution in [-0.2, 0) is 0 Å². The molecule has 1 N–H and O–H groups in total. The van der Waals surface area contributed by atoms with Gasteiger partial charge in [0.2, 0.25) is 0 Å². The molecule has 2 aromatic rings. The molecular formula is C13H11ClN2O3. The number of nitro benzene ring substituents is 1. The molecule has 0 fully saturated rings. The van der Waals surface area contributed by atoms with Gasteiger partial charge in [0.25, 0.3) is 5.69 Å². The summed E-state index contributed by atoms with van der Waals surface area (Å²) in [7, 11) is 1.55. The number of ether oxygens (including phenoxy) is 1. The zero-order valence-electron chi connectivity index (χ0n) is 10.1. The molecule has 0 aliphatic rings. The Bertz CT molecular complexity index is 599. The number of benzene rings is 2. The van der Waals surface area contributed by atoms with E-state index in [4.69, 9.17) is 16.3 Å². The molecule has 0 amide bonds. The molecule has 0 heterocycles. The number of hydrogen-bond donors (Lipinski definition) is 1. The number of hydrogen-bond acceptors (Lipinski definition) is 4. The quantitative estimate of drug-likeness (QED) is 0.678. The first-order valence-electron chi connectivity index (χ1n) is 5.45. The third-order valence-corrected chi connectivity index (χ3v) is 2.81. The van der Waals surface area contributed by atoms with Crippen molar-refractivity contribution < 1.29 is 9.66 Å². The third kappa shape index (κ3) is 3.14. The normalized spacial score (nSPS) is 10.0. The van der Waals surface area contributed by atoms with Gasteiger partial charge in [-0.2, -0.15) is 0 Å². The molecule has 2 rings (SSSR count). The van der Waals surface area contributed by atoms with Gasteiger partial charge in [-0.05, 0) is 30.3 Å². The summed E-state index contributed by atoms with van der Waals surface area (Å²) < 4.78 is 5.06. The molecule has 5 nitrogen and oxygen atoms in total. The predicted molar refractivity (Wildman–Crippen MR) is 74.4 cm³/mol. The lowest BCUT2D eigenvalue weighted by molar-refractivity contribution is -0.384. The van der Waals surface area contributed by atoms with Crippen molar-refractivity contribution in [3.8, 4) is 5.75 Å². The highest BCUT2D eigenvalue weighted by Gasteiger charge is 2.05. The van der Waals surface area contributed by atoms with Crippen LogP contribution in [0.1, 0.15) is 0 Å². The lowest BCUT2D eigenvalue weighted by atomic mass is 10.2. The topological polar surface area (TPSA) is 64.4 Å². The second-order valence-electron chi connectivity index (χ2n) is 3.78. The Balaban J connectivity index is 2.16. The van der Waals surface area contributed by atoms with Gasteiger partial charge in [0.15, 0.2) is 0 Å². The van der Waals surface area contributed by atoms with Gasteiger partial charge in [-0.3, -0.25) is 10.1 Å². The Morgan fingerprint density at radius 2 is 1.79 bits per heavy atom. The van der Waals surface area contributed by atoms with Gasteiger partial charge in [0, 0.05) is 23.5 Å². The standard InChI is InChI=1S/C13H11ClN2O3/c1-19-13-7-4-10(8-12(13)14)15-9-2-5-11(6-3-9)16(17)18/h2-8,15H,1H3. The van der Waals surface area contributed by atoms with Crippen LogP contribution in [0.2, 0.25) is 5.02 Å². The van der Waals surface area contributed by atoms with E-state index in [-0.39, 0.29) is 5.69 Å². The number of nitrogens with one attached hydrogen (secondary N) is 1. The Hall–Kier alpha value is -2.27. The molecule has 0 spiro atoms. The fourth-order valence-electron chi connectivity index (χ4n) is 1.58. The van der Waals surface area contributed by atoms with Gasteiger partial charge in [-0.25, -0.2) is 0 Å². The SMILES string of the molecule is COc1ccc(Nc2ccc([N+](=O)[O-])cc2)cc1Cl. The summed E-state index contributed by atoms with van der Waals surface area (Å²) in [5.41, 5.74) is 1.57. The number of nitrogens with zero attached hydrogens (tertiary/aromatic N) is 1. The Morgan fingerprint density at radius 3 is 2.32 bits per heavy atom. The molecular weight excluding hydrogens is 268 g/mol. The van der Waals surface area contributed by atoms with Crippen LogP contribution in [0.15, 0.2) is 42.5 Å². The first-order chi connectivity index (χ1) is 9.10. The molecule has 0 saturated carbocycles. The van der Waals surface area contributed by atoms with E-state index < -0.39 is 4.92 Å². The zero-order chi connectivity index (χ0) is 13.8. The van der Waals surface area contributed by atoms with Crippen LogP contribution in [0, 0.1) is 10.1 Å². The summed E-state index contributed by atoms with van der Waals surface area (Å²) in [6, 6.07) is 11.4. The lowest BCUT2D eigenvalue weighted by Crippen LogP contribution is -1.92. The van der Waals surface area contributed by atoms with Crippen LogP contribution in [0.4, 0.5) is 17.1 Å². The van der Waals surface area contributed by atoms with Gasteiger partial charge >= 0.3 is 0 Å². The minimum atomic E-state index is -0.436. The first kappa shape index (κ1) is 13.2. The molecule has 6 heteroatoms.